The van der Waals surface area contributed by atoms with Gasteiger partial charge in [-0.1, -0.05) is 12.2 Å². The third kappa shape index (κ3) is 5.77. The second kappa shape index (κ2) is 7.04. The molecule has 0 radical (unpaired) electrons. The van der Waals surface area contributed by atoms with Gasteiger partial charge in [0.2, 0.25) is 0 Å². The van der Waals surface area contributed by atoms with E-state index < -0.39 is 7.67 Å². The molecule has 0 atom stereocenters. The average molecular weight is 204 g/mol. The van der Waals surface area contributed by atoms with E-state index in [-0.39, 0.29) is 0 Å². The van der Waals surface area contributed by atoms with E-state index in [1.807, 2.05) is 0 Å². The van der Waals surface area contributed by atoms with E-state index in [2.05, 4.69) is 23.3 Å². The van der Waals surface area contributed by atoms with Gasteiger partial charge in [-0.15, -0.1) is 13.2 Å². The first-order chi connectivity index (χ1) is 6.18. The van der Waals surface area contributed by atoms with Crippen LogP contribution in [0, 0.1) is 0 Å². The molecular weight excluding hydrogens is 187 g/mol. The summed E-state index contributed by atoms with van der Waals surface area (Å²) in [5.41, 5.74) is 0. The molecule has 2 N–H and O–H groups in total. The molecule has 0 aromatic rings. The minimum absolute atomic E-state index is 0.394. The summed E-state index contributed by atoms with van der Waals surface area (Å²) < 4.78 is 16.9. The van der Waals surface area contributed by atoms with Gasteiger partial charge in [-0.25, -0.2) is 10.2 Å². The minimum atomic E-state index is -2.89. The zero-order valence-electron chi connectivity index (χ0n) is 7.95. The van der Waals surface area contributed by atoms with Crippen LogP contribution in [0.1, 0.15) is 6.92 Å². The summed E-state index contributed by atoms with van der Waals surface area (Å²) in [5, 5.41) is 5.48. The first-order valence-corrected chi connectivity index (χ1v) is 5.77. The maximum atomic E-state index is 11.8. The summed E-state index contributed by atoms with van der Waals surface area (Å²) in [6.45, 7) is 10.1. The van der Waals surface area contributed by atoms with E-state index in [9.17, 15) is 4.57 Å². The highest BCUT2D eigenvalue weighted by Crippen LogP contribution is 2.36. The molecule has 0 saturated heterocycles. The third-order valence-electron chi connectivity index (χ3n) is 1.20. The first kappa shape index (κ1) is 12.6. The van der Waals surface area contributed by atoms with Gasteiger partial charge in [-0.05, 0) is 6.92 Å². The molecule has 0 amide bonds. The van der Waals surface area contributed by atoms with Crippen LogP contribution >= 0.6 is 7.67 Å². The summed E-state index contributed by atoms with van der Waals surface area (Å²) in [6, 6.07) is 0. The maximum Gasteiger partial charge on any atom is 0.341 e. The fourth-order valence-electron chi connectivity index (χ4n) is 0.698. The van der Waals surface area contributed by atoms with Gasteiger partial charge in [0.15, 0.2) is 0 Å². The molecule has 13 heavy (non-hydrogen) atoms. The van der Waals surface area contributed by atoms with Crippen LogP contribution in [0.5, 0.6) is 0 Å². The van der Waals surface area contributed by atoms with Crippen molar-refractivity contribution in [3.8, 4) is 0 Å². The number of rotatable bonds is 8. The first-order valence-electron chi connectivity index (χ1n) is 4.15. The second-order valence-corrected chi connectivity index (χ2v) is 4.26. The summed E-state index contributed by atoms with van der Waals surface area (Å²) in [7, 11) is -2.89. The van der Waals surface area contributed by atoms with E-state index in [0.717, 1.165) is 0 Å². The Hall–Kier alpha value is -0.410. The predicted molar refractivity (Wildman–Crippen MR) is 55.6 cm³/mol. The van der Waals surface area contributed by atoms with Crippen LogP contribution < -0.4 is 10.2 Å². The average Bonchev–Trinajstić information content (AvgIpc) is 2.12. The van der Waals surface area contributed by atoms with Gasteiger partial charge in [0.25, 0.3) is 0 Å². The third-order valence-corrected chi connectivity index (χ3v) is 3.02. The van der Waals surface area contributed by atoms with Gasteiger partial charge < -0.3 is 4.52 Å². The van der Waals surface area contributed by atoms with Crippen molar-refractivity contribution in [1.29, 1.82) is 0 Å². The van der Waals surface area contributed by atoms with Crippen molar-refractivity contribution in [1.82, 2.24) is 10.2 Å². The number of nitrogens with one attached hydrogen (secondary N) is 2. The van der Waals surface area contributed by atoms with Crippen molar-refractivity contribution in [2.45, 2.75) is 6.92 Å². The summed E-state index contributed by atoms with van der Waals surface area (Å²) in [4.78, 5) is 0. The molecule has 4 nitrogen and oxygen atoms in total. The Balaban J connectivity index is 4.06. The molecule has 0 heterocycles. The smallest absolute Gasteiger partial charge is 0.306 e. The molecule has 0 rings (SSSR count). The predicted octanol–water partition coefficient (Wildman–Crippen LogP) is 1.68. The Morgan fingerprint density at radius 1 is 1.31 bits per heavy atom. The lowest BCUT2D eigenvalue weighted by atomic mass is 10.7. The molecule has 5 heteroatoms. The molecule has 0 saturated carbocycles. The molecule has 0 bridgehead atoms. The normalized spacial score (nSPS) is 11.2. The van der Waals surface area contributed by atoms with Crippen LogP contribution in [-0.2, 0) is 9.09 Å². The molecule has 0 aromatic heterocycles. The van der Waals surface area contributed by atoms with E-state index in [1.165, 1.54) is 0 Å². The summed E-state index contributed by atoms with van der Waals surface area (Å²) >= 11 is 0. The van der Waals surface area contributed by atoms with E-state index in [0.29, 0.717) is 19.7 Å². The number of hydrogen-bond donors (Lipinski definition) is 2. The van der Waals surface area contributed by atoms with E-state index >= 15 is 0 Å². The zero-order chi connectivity index (χ0) is 10.2. The van der Waals surface area contributed by atoms with Gasteiger partial charge in [-0.3, -0.25) is 4.57 Å². The Labute approximate surface area is 79.6 Å². The highest BCUT2D eigenvalue weighted by molar-refractivity contribution is 7.54. The fourth-order valence-corrected chi connectivity index (χ4v) is 2.10. The number of hydrogen-bond acceptors (Lipinski definition) is 2. The topological polar surface area (TPSA) is 50.4 Å². The summed E-state index contributed by atoms with van der Waals surface area (Å²) in [6.07, 6.45) is 3.25. The molecule has 0 aliphatic rings. The van der Waals surface area contributed by atoms with Crippen LogP contribution in [0.25, 0.3) is 0 Å². The van der Waals surface area contributed by atoms with E-state index in [4.69, 9.17) is 4.52 Å². The van der Waals surface area contributed by atoms with Crippen molar-refractivity contribution in [2.75, 3.05) is 19.7 Å². The van der Waals surface area contributed by atoms with Crippen molar-refractivity contribution < 1.29 is 9.09 Å². The zero-order valence-corrected chi connectivity index (χ0v) is 8.85. The molecule has 76 valence electrons. The second-order valence-electron chi connectivity index (χ2n) is 2.27. The monoisotopic (exact) mass is 204 g/mol. The largest absolute Gasteiger partial charge is 0.341 e. The summed E-state index contributed by atoms with van der Waals surface area (Å²) in [5.74, 6) is 0. The van der Waals surface area contributed by atoms with Gasteiger partial charge in [0.05, 0.1) is 6.61 Å². The standard InChI is InChI=1S/C8H17N2O2P/c1-4-7-9-13(11,12-6-3)10-8-5-2/h4-5H,1-2,6-8H2,3H3,(H2,9,10,11). The molecule has 0 aliphatic carbocycles. The lowest BCUT2D eigenvalue weighted by Crippen LogP contribution is -2.24. The Bertz CT molecular complexity index is 190. The van der Waals surface area contributed by atoms with E-state index in [1.54, 1.807) is 19.1 Å². The molecule has 0 unspecified atom stereocenters. The molecule has 0 spiro atoms. The van der Waals surface area contributed by atoms with Gasteiger partial charge in [-0.2, -0.15) is 0 Å². The lowest BCUT2D eigenvalue weighted by molar-refractivity contribution is 0.318. The van der Waals surface area contributed by atoms with Crippen LogP contribution in [0.3, 0.4) is 0 Å². The van der Waals surface area contributed by atoms with Crippen molar-refractivity contribution in [2.24, 2.45) is 0 Å². The van der Waals surface area contributed by atoms with Crippen LogP contribution in [0.15, 0.2) is 25.3 Å². The van der Waals surface area contributed by atoms with Gasteiger partial charge in [0.1, 0.15) is 0 Å². The Morgan fingerprint density at radius 2 is 1.77 bits per heavy atom. The highest BCUT2D eigenvalue weighted by Gasteiger charge is 2.19. The lowest BCUT2D eigenvalue weighted by Gasteiger charge is -2.17. The van der Waals surface area contributed by atoms with Crippen molar-refractivity contribution in [3.05, 3.63) is 25.3 Å². The van der Waals surface area contributed by atoms with Crippen LogP contribution in [-0.4, -0.2) is 19.7 Å². The SMILES string of the molecule is C=CCNP(=O)(NCC=C)OCC. The molecule has 0 aliphatic heterocycles. The Kier molecular flexibility index (Phi) is 6.82. The quantitative estimate of drug-likeness (QED) is 0.466. The van der Waals surface area contributed by atoms with Gasteiger partial charge >= 0.3 is 7.67 Å². The molecule has 0 fully saturated rings. The molecule has 0 aromatic carbocycles. The minimum Gasteiger partial charge on any atom is -0.306 e. The Morgan fingerprint density at radius 3 is 2.08 bits per heavy atom. The van der Waals surface area contributed by atoms with Crippen molar-refractivity contribution >= 4 is 7.67 Å². The van der Waals surface area contributed by atoms with Crippen LogP contribution in [0.2, 0.25) is 0 Å². The highest BCUT2D eigenvalue weighted by atomic mass is 31.2. The molecular formula is C8H17N2O2P. The van der Waals surface area contributed by atoms with Crippen molar-refractivity contribution in [3.63, 3.8) is 0 Å². The van der Waals surface area contributed by atoms with Gasteiger partial charge in [0, 0.05) is 13.1 Å². The fraction of sp³-hybridized carbons (Fsp3) is 0.500. The van der Waals surface area contributed by atoms with Crippen LogP contribution in [0.4, 0.5) is 0 Å². The maximum absolute atomic E-state index is 11.8.